The molecule has 1 atom stereocenters. The Hall–Kier alpha value is -1.40. The number of rotatable bonds is 5. The van der Waals surface area contributed by atoms with Gasteiger partial charge in [-0.25, -0.2) is 8.42 Å². The maximum Gasteiger partial charge on any atom is 0.243 e. The van der Waals surface area contributed by atoms with Crippen LogP contribution >= 0.6 is 0 Å². The zero-order chi connectivity index (χ0) is 17.6. The molecule has 1 fully saturated rings. The lowest BCUT2D eigenvalue weighted by Crippen LogP contribution is -2.45. The number of nitrogens with zero attached hydrogens (tertiary/aromatic N) is 1. The fourth-order valence-electron chi connectivity index (χ4n) is 3.23. The summed E-state index contributed by atoms with van der Waals surface area (Å²) in [5.41, 5.74) is 0.689. The van der Waals surface area contributed by atoms with E-state index >= 15 is 0 Å². The second-order valence-electron chi connectivity index (χ2n) is 6.64. The molecular formula is C18H28N2O3S. The second kappa shape index (κ2) is 8.62. The highest BCUT2D eigenvalue weighted by atomic mass is 32.2. The molecule has 0 unspecified atom stereocenters. The monoisotopic (exact) mass is 352 g/mol. The van der Waals surface area contributed by atoms with Gasteiger partial charge in [0.05, 0.1) is 6.26 Å². The van der Waals surface area contributed by atoms with E-state index in [0.717, 1.165) is 36.2 Å². The Balaban J connectivity index is 2.18. The molecule has 0 aliphatic heterocycles. The van der Waals surface area contributed by atoms with E-state index in [0.29, 0.717) is 5.56 Å². The van der Waals surface area contributed by atoms with Crippen LogP contribution in [0.25, 0.3) is 0 Å². The Labute approximate surface area is 145 Å². The Kier molecular flexibility index (Phi) is 6.80. The van der Waals surface area contributed by atoms with Crippen LogP contribution in [0.1, 0.15) is 56.6 Å². The predicted octanol–water partition coefficient (Wildman–Crippen LogP) is 2.85. The minimum atomic E-state index is -3.48. The van der Waals surface area contributed by atoms with Crippen molar-refractivity contribution in [3.8, 4) is 0 Å². The van der Waals surface area contributed by atoms with Crippen molar-refractivity contribution in [3.05, 3.63) is 35.9 Å². The number of hydrogen-bond acceptors (Lipinski definition) is 3. The van der Waals surface area contributed by atoms with Crippen LogP contribution in [0.2, 0.25) is 0 Å². The summed E-state index contributed by atoms with van der Waals surface area (Å²) < 4.78 is 25.1. The average molecular weight is 352 g/mol. The lowest BCUT2D eigenvalue weighted by Gasteiger charge is -2.28. The summed E-state index contributed by atoms with van der Waals surface area (Å²) in [6.45, 7) is 0. The number of carbonyl (C=O) groups excluding carboxylic acids is 1. The van der Waals surface area contributed by atoms with Crippen LogP contribution in [0.4, 0.5) is 0 Å². The molecule has 5 nitrogen and oxygen atoms in total. The molecular weight excluding hydrogens is 324 g/mol. The molecule has 1 aliphatic rings. The van der Waals surface area contributed by atoms with Crippen molar-refractivity contribution in [1.29, 1.82) is 0 Å². The van der Waals surface area contributed by atoms with Gasteiger partial charge < -0.3 is 5.32 Å². The highest BCUT2D eigenvalue weighted by Crippen LogP contribution is 2.23. The van der Waals surface area contributed by atoms with Gasteiger partial charge in [0, 0.05) is 13.1 Å². The van der Waals surface area contributed by atoms with E-state index < -0.39 is 16.1 Å². The van der Waals surface area contributed by atoms with Gasteiger partial charge in [-0.2, -0.15) is 4.31 Å². The Morgan fingerprint density at radius 1 is 1.08 bits per heavy atom. The average Bonchev–Trinajstić information content (AvgIpc) is 2.50. The summed E-state index contributed by atoms with van der Waals surface area (Å²) in [7, 11) is -2.01. The molecule has 1 aromatic rings. The maximum absolute atomic E-state index is 12.9. The molecule has 6 heteroatoms. The van der Waals surface area contributed by atoms with Crippen LogP contribution in [-0.2, 0) is 14.8 Å². The number of likely N-dealkylation sites (N-methyl/N-ethyl adjacent to an activating group) is 1. The number of nitrogens with one attached hydrogen (secondary N) is 1. The summed E-state index contributed by atoms with van der Waals surface area (Å²) in [4.78, 5) is 12.9. The molecule has 1 aliphatic carbocycles. The largest absolute Gasteiger partial charge is 0.352 e. The first-order valence-corrected chi connectivity index (χ1v) is 10.5. The van der Waals surface area contributed by atoms with Crippen molar-refractivity contribution < 1.29 is 13.2 Å². The number of benzene rings is 1. The molecule has 1 N–H and O–H groups in total. The van der Waals surface area contributed by atoms with Gasteiger partial charge in [0.2, 0.25) is 15.9 Å². The Bertz CT molecular complexity index is 623. The fraction of sp³-hybridized carbons (Fsp3) is 0.611. The minimum absolute atomic E-state index is 0.136. The van der Waals surface area contributed by atoms with Crippen LogP contribution in [0.5, 0.6) is 0 Å². The molecule has 1 amide bonds. The van der Waals surface area contributed by atoms with Crippen LogP contribution in [-0.4, -0.2) is 38.0 Å². The van der Waals surface area contributed by atoms with Crippen molar-refractivity contribution in [2.24, 2.45) is 0 Å². The third-order valence-corrected chi connectivity index (χ3v) is 5.96. The van der Waals surface area contributed by atoms with Crippen LogP contribution < -0.4 is 5.32 Å². The molecule has 0 heterocycles. The standard InChI is InChI=1S/C18H28N2O3S/c1-20(24(2,22)23)17(15-11-7-6-8-12-15)18(21)19-16-13-9-4-3-5-10-14-16/h6-8,11-12,16-17H,3-5,9-10,13-14H2,1-2H3,(H,19,21)/t17-/m1/s1. The van der Waals surface area contributed by atoms with Gasteiger partial charge in [-0.1, -0.05) is 62.4 Å². The predicted molar refractivity (Wildman–Crippen MR) is 96.0 cm³/mol. The summed E-state index contributed by atoms with van der Waals surface area (Å²) in [5.74, 6) is -0.236. The molecule has 1 saturated carbocycles. The number of sulfonamides is 1. The molecule has 24 heavy (non-hydrogen) atoms. The lowest BCUT2D eigenvalue weighted by molar-refractivity contribution is -0.125. The van der Waals surface area contributed by atoms with Crippen LogP contribution in [0.3, 0.4) is 0 Å². The van der Waals surface area contributed by atoms with Crippen molar-refractivity contribution >= 4 is 15.9 Å². The maximum atomic E-state index is 12.9. The molecule has 0 spiro atoms. The fourth-order valence-corrected chi connectivity index (χ4v) is 3.83. The SMILES string of the molecule is CN([C@@H](C(=O)NC1CCCCCCC1)c1ccccc1)S(C)(=O)=O. The molecule has 134 valence electrons. The topological polar surface area (TPSA) is 66.5 Å². The first-order chi connectivity index (χ1) is 11.4. The first-order valence-electron chi connectivity index (χ1n) is 8.68. The second-order valence-corrected chi connectivity index (χ2v) is 8.69. The third-order valence-electron chi connectivity index (χ3n) is 4.70. The summed E-state index contributed by atoms with van der Waals surface area (Å²) in [5, 5.41) is 3.09. The van der Waals surface area contributed by atoms with E-state index in [2.05, 4.69) is 5.32 Å². The smallest absolute Gasteiger partial charge is 0.243 e. The number of carbonyl (C=O) groups is 1. The van der Waals surface area contributed by atoms with Gasteiger partial charge >= 0.3 is 0 Å². The van der Waals surface area contributed by atoms with Crippen molar-refractivity contribution in [3.63, 3.8) is 0 Å². The number of amides is 1. The van der Waals surface area contributed by atoms with Crippen molar-refractivity contribution in [2.75, 3.05) is 13.3 Å². The van der Waals surface area contributed by atoms with Gasteiger partial charge in [-0.05, 0) is 18.4 Å². The normalized spacial score (nSPS) is 18.6. The lowest BCUT2D eigenvalue weighted by atomic mass is 9.96. The Morgan fingerprint density at radius 3 is 2.17 bits per heavy atom. The van der Waals surface area contributed by atoms with E-state index in [4.69, 9.17) is 0 Å². The summed E-state index contributed by atoms with van der Waals surface area (Å²) >= 11 is 0. The van der Waals surface area contributed by atoms with E-state index in [1.165, 1.54) is 26.3 Å². The van der Waals surface area contributed by atoms with Crippen molar-refractivity contribution in [2.45, 2.75) is 57.0 Å². The molecule has 0 bridgehead atoms. The van der Waals surface area contributed by atoms with Gasteiger partial charge in [0.15, 0.2) is 0 Å². The quantitative estimate of drug-likeness (QED) is 0.886. The van der Waals surface area contributed by atoms with Gasteiger partial charge in [0.1, 0.15) is 6.04 Å². The van der Waals surface area contributed by atoms with E-state index in [9.17, 15) is 13.2 Å². The zero-order valence-electron chi connectivity index (χ0n) is 14.6. The molecule has 0 saturated heterocycles. The summed E-state index contributed by atoms with van der Waals surface area (Å²) in [6, 6.07) is 8.40. The molecule has 0 aromatic heterocycles. The minimum Gasteiger partial charge on any atom is -0.352 e. The van der Waals surface area contributed by atoms with Gasteiger partial charge in [0.25, 0.3) is 0 Å². The zero-order valence-corrected chi connectivity index (χ0v) is 15.4. The van der Waals surface area contributed by atoms with Crippen molar-refractivity contribution in [1.82, 2.24) is 9.62 Å². The highest BCUT2D eigenvalue weighted by molar-refractivity contribution is 7.88. The number of hydrogen-bond donors (Lipinski definition) is 1. The van der Waals surface area contributed by atoms with Gasteiger partial charge in [-0.3, -0.25) is 4.79 Å². The molecule has 0 radical (unpaired) electrons. The molecule has 1 aromatic carbocycles. The Morgan fingerprint density at radius 2 is 1.62 bits per heavy atom. The van der Waals surface area contributed by atoms with E-state index in [-0.39, 0.29) is 11.9 Å². The molecule has 2 rings (SSSR count). The van der Waals surface area contributed by atoms with E-state index in [1.807, 2.05) is 18.2 Å². The first kappa shape index (κ1) is 18.9. The highest BCUT2D eigenvalue weighted by Gasteiger charge is 2.31. The van der Waals surface area contributed by atoms with Crippen LogP contribution in [0.15, 0.2) is 30.3 Å². The third kappa shape index (κ3) is 5.31. The summed E-state index contributed by atoms with van der Waals surface area (Å²) in [6.07, 6.45) is 8.98. The van der Waals surface area contributed by atoms with Gasteiger partial charge in [-0.15, -0.1) is 0 Å². The van der Waals surface area contributed by atoms with E-state index in [1.54, 1.807) is 12.1 Å². The van der Waals surface area contributed by atoms with Crippen LogP contribution in [0, 0.1) is 0 Å².